The number of aromatic amines is 2. The molecule has 1 aliphatic heterocycles. The molecule has 1 aromatic rings. The molecular weight excluding hydrogens is 497 g/mol. The number of nitriles is 1. The van der Waals surface area contributed by atoms with Gasteiger partial charge in [-0.15, -0.1) is 0 Å². The second kappa shape index (κ2) is 11.0. The van der Waals surface area contributed by atoms with Crippen molar-refractivity contribution in [3.05, 3.63) is 44.2 Å². The molecule has 1 fully saturated rings. The number of rotatable bonds is 6. The molecule has 1 unspecified atom stereocenters. The third kappa shape index (κ3) is 7.31. The lowest BCUT2D eigenvalue weighted by Crippen LogP contribution is -2.60. The van der Waals surface area contributed by atoms with E-state index in [1.165, 1.54) is 20.8 Å². The summed E-state index contributed by atoms with van der Waals surface area (Å²) in [5.41, 5.74) is -2.23. The lowest BCUT2D eigenvalue weighted by molar-refractivity contribution is -0.176. The number of alkyl halides is 3. The molecule has 37 heavy (non-hydrogen) atoms. The first kappa shape index (κ1) is 29.3. The maximum atomic E-state index is 13.5. The van der Waals surface area contributed by atoms with Gasteiger partial charge in [-0.25, -0.2) is 4.79 Å². The SMILES string of the molecule is CC(C)=C[C@H]1CCN(C(=O)[C@@H](NC(=O)C(F)(F)F)C(C)(C)C)[C@@H]1C(=O)NC(C#N)c1cc(=O)[nH]c(=O)[nH]1. The van der Waals surface area contributed by atoms with Crippen molar-refractivity contribution in [1.29, 1.82) is 5.26 Å². The Balaban J connectivity index is 2.45. The minimum Gasteiger partial charge on any atom is -0.336 e. The van der Waals surface area contributed by atoms with Crippen molar-refractivity contribution < 1.29 is 27.6 Å². The molecule has 1 saturated heterocycles. The van der Waals surface area contributed by atoms with Gasteiger partial charge in [0.25, 0.3) is 5.56 Å². The number of aromatic nitrogens is 2. The summed E-state index contributed by atoms with van der Waals surface area (Å²) in [5.74, 6) is -4.56. The summed E-state index contributed by atoms with van der Waals surface area (Å²) in [5, 5.41) is 13.7. The fourth-order valence-electron chi connectivity index (χ4n) is 4.08. The molecule has 3 amide bonds. The van der Waals surface area contributed by atoms with E-state index in [0.29, 0.717) is 0 Å². The van der Waals surface area contributed by atoms with Crippen molar-refractivity contribution in [2.24, 2.45) is 11.3 Å². The Morgan fingerprint density at radius 3 is 2.27 bits per heavy atom. The zero-order chi connectivity index (χ0) is 28.3. The summed E-state index contributed by atoms with van der Waals surface area (Å²) in [6, 6.07) is -1.63. The van der Waals surface area contributed by atoms with Crippen LogP contribution in [0, 0.1) is 22.7 Å². The van der Waals surface area contributed by atoms with E-state index in [2.05, 4.69) is 10.3 Å². The third-order valence-electron chi connectivity index (χ3n) is 5.70. The van der Waals surface area contributed by atoms with E-state index in [4.69, 9.17) is 0 Å². The highest BCUT2D eigenvalue weighted by Crippen LogP contribution is 2.31. The van der Waals surface area contributed by atoms with E-state index in [0.717, 1.165) is 16.5 Å². The summed E-state index contributed by atoms with van der Waals surface area (Å²) in [6.07, 6.45) is -3.20. The van der Waals surface area contributed by atoms with E-state index in [-0.39, 0.29) is 18.7 Å². The zero-order valence-corrected chi connectivity index (χ0v) is 20.9. The summed E-state index contributed by atoms with van der Waals surface area (Å²) < 4.78 is 38.9. The van der Waals surface area contributed by atoms with Crippen molar-refractivity contribution in [1.82, 2.24) is 25.5 Å². The van der Waals surface area contributed by atoms with Crippen LogP contribution in [-0.2, 0) is 14.4 Å². The first-order chi connectivity index (χ1) is 16.9. The van der Waals surface area contributed by atoms with E-state index < -0.39 is 64.6 Å². The molecular formula is C23H29F3N6O5. The van der Waals surface area contributed by atoms with Gasteiger partial charge >= 0.3 is 17.8 Å². The van der Waals surface area contributed by atoms with E-state index in [9.17, 15) is 42.4 Å². The van der Waals surface area contributed by atoms with Crippen LogP contribution in [0.4, 0.5) is 13.2 Å². The molecule has 202 valence electrons. The zero-order valence-electron chi connectivity index (χ0n) is 20.9. The lowest BCUT2D eigenvalue weighted by atomic mass is 9.85. The van der Waals surface area contributed by atoms with E-state index >= 15 is 0 Å². The first-order valence-corrected chi connectivity index (χ1v) is 11.3. The largest absolute Gasteiger partial charge is 0.471 e. The number of hydrogen-bond acceptors (Lipinski definition) is 6. The van der Waals surface area contributed by atoms with E-state index in [1.807, 2.05) is 4.98 Å². The number of H-pyrrole nitrogens is 2. The van der Waals surface area contributed by atoms with Gasteiger partial charge in [0.15, 0.2) is 6.04 Å². The number of nitrogens with one attached hydrogen (secondary N) is 4. The minimum absolute atomic E-state index is 0.00110. The Hall–Kier alpha value is -3.89. The van der Waals surface area contributed by atoms with Crippen LogP contribution in [0.2, 0.25) is 0 Å². The Morgan fingerprint density at radius 2 is 1.78 bits per heavy atom. The smallest absolute Gasteiger partial charge is 0.336 e. The molecule has 2 rings (SSSR count). The van der Waals surface area contributed by atoms with Gasteiger partial charge in [0, 0.05) is 18.5 Å². The highest BCUT2D eigenvalue weighted by molar-refractivity contribution is 5.94. The second-order valence-corrected chi connectivity index (χ2v) is 10.1. The Bertz CT molecular complexity index is 1200. The number of amides is 3. The van der Waals surface area contributed by atoms with Crippen LogP contribution in [0.1, 0.15) is 52.8 Å². The predicted molar refractivity (Wildman–Crippen MR) is 125 cm³/mol. The van der Waals surface area contributed by atoms with Gasteiger partial charge in [-0.1, -0.05) is 32.4 Å². The highest BCUT2D eigenvalue weighted by Gasteiger charge is 2.48. The highest BCUT2D eigenvalue weighted by atomic mass is 19.4. The van der Waals surface area contributed by atoms with Gasteiger partial charge in [-0.2, -0.15) is 18.4 Å². The number of allylic oxidation sites excluding steroid dienone is 1. The van der Waals surface area contributed by atoms with Crippen LogP contribution in [0.3, 0.4) is 0 Å². The molecule has 4 N–H and O–H groups in total. The summed E-state index contributed by atoms with van der Waals surface area (Å²) in [6.45, 7) is 7.94. The lowest BCUT2D eigenvalue weighted by Gasteiger charge is -2.36. The van der Waals surface area contributed by atoms with Crippen molar-refractivity contribution in [2.45, 2.75) is 65.3 Å². The van der Waals surface area contributed by atoms with Crippen LogP contribution in [0.25, 0.3) is 0 Å². The standard InChI is InChI=1S/C23H29F3N6O5/c1-11(2)8-12-6-7-32(19(35)17(22(3,4)5)31-20(36)23(24,25)26)16(12)18(34)28-14(10-27)13-9-15(33)30-21(37)29-13/h8-9,12,14,16-17H,6-7H2,1-5H3,(H,28,34)(H,31,36)(H2,29,30,33,37)/t12-,14?,16+,17-/m1/s1. The third-order valence-corrected chi connectivity index (χ3v) is 5.70. The molecule has 0 aromatic carbocycles. The molecule has 0 radical (unpaired) electrons. The number of halogens is 3. The normalized spacial score (nSPS) is 19.4. The molecule has 2 heterocycles. The molecule has 0 aliphatic carbocycles. The number of nitrogens with zero attached hydrogens (tertiary/aromatic N) is 2. The average molecular weight is 527 g/mol. The monoisotopic (exact) mass is 526 g/mol. The molecule has 14 heteroatoms. The van der Waals surface area contributed by atoms with Crippen LogP contribution in [-0.4, -0.2) is 57.4 Å². The van der Waals surface area contributed by atoms with Gasteiger partial charge in [0.05, 0.1) is 11.8 Å². The molecule has 1 aromatic heterocycles. The predicted octanol–water partition coefficient (Wildman–Crippen LogP) is 1.02. The summed E-state index contributed by atoms with van der Waals surface area (Å²) in [7, 11) is 0. The maximum Gasteiger partial charge on any atom is 0.471 e. The quantitative estimate of drug-likeness (QED) is 0.404. The molecule has 0 bridgehead atoms. The van der Waals surface area contributed by atoms with Gasteiger partial charge in [0.1, 0.15) is 12.1 Å². The minimum atomic E-state index is -5.22. The Morgan fingerprint density at radius 1 is 1.16 bits per heavy atom. The van der Waals surface area contributed by atoms with Gasteiger partial charge in [0.2, 0.25) is 11.8 Å². The first-order valence-electron chi connectivity index (χ1n) is 11.3. The van der Waals surface area contributed by atoms with Crippen molar-refractivity contribution >= 4 is 17.7 Å². The number of hydrogen-bond donors (Lipinski definition) is 4. The Labute approximate surface area is 210 Å². The second-order valence-electron chi connectivity index (χ2n) is 10.1. The summed E-state index contributed by atoms with van der Waals surface area (Å²) >= 11 is 0. The number of likely N-dealkylation sites (tertiary alicyclic amines) is 1. The fourth-order valence-corrected chi connectivity index (χ4v) is 4.08. The van der Waals surface area contributed by atoms with Crippen molar-refractivity contribution in [3.8, 4) is 6.07 Å². The molecule has 11 nitrogen and oxygen atoms in total. The van der Waals surface area contributed by atoms with Gasteiger partial charge in [-0.05, 0) is 25.7 Å². The number of carbonyl (C=O) groups excluding carboxylic acids is 3. The van der Waals surface area contributed by atoms with Crippen LogP contribution >= 0.6 is 0 Å². The molecule has 1 aliphatic rings. The van der Waals surface area contributed by atoms with Crippen molar-refractivity contribution in [2.75, 3.05) is 6.54 Å². The van der Waals surface area contributed by atoms with E-state index in [1.54, 1.807) is 31.3 Å². The van der Waals surface area contributed by atoms with Crippen LogP contribution in [0.5, 0.6) is 0 Å². The Kier molecular flexibility index (Phi) is 8.74. The van der Waals surface area contributed by atoms with Gasteiger partial charge in [-0.3, -0.25) is 24.2 Å². The average Bonchev–Trinajstić information content (AvgIpc) is 3.15. The van der Waals surface area contributed by atoms with Crippen LogP contribution < -0.4 is 21.9 Å². The van der Waals surface area contributed by atoms with Crippen molar-refractivity contribution in [3.63, 3.8) is 0 Å². The molecule has 0 saturated carbocycles. The van der Waals surface area contributed by atoms with Gasteiger partial charge < -0.3 is 20.5 Å². The fraction of sp³-hybridized carbons (Fsp3) is 0.565. The topological polar surface area (TPSA) is 168 Å². The maximum absolute atomic E-state index is 13.5. The molecule has 4 atom stereocenters. The molecule has 0 spiro atoms. The number of carbonyl (C=O) groups is 3. The van der Waals surface area contributed by atoms with Crippen LogP contribution in [0.15, 0.2) is 27.3 Å². The summed E-state index contributed by atoms with van der Waals surface area (Å²) in [4.78, 5) is 67.1.